The van der Waals surface area contributed by atoms with E-state index in [1.165, 1.54) is 25.1 Å². The maximum atomic E-state index is 13.6. The Hall–Kier alpha value is -1.95. The van der Waals surface area contributed by atoms with Crippen molar-refractivity contribution in [1.82, 2.24) is 10.2 Å². The Bertz CT molecular complexity index is 562. The van der Waals surface area contributed by atoms with E-state index in [2.05, 4.69) is 10.6 Å². The lowest BCUT2D eigenvalue weighted by Gasteiger charge is -2.38. The van der Waals surface area contributed by atoms with E-state index in [0.29, 0.717) is 12.1 Å². The highest BCUT2D eigenvalue weighted by Crippen LogP contribution is 2.19. The summed E-state index contributed by atoms with van der Waals surface area (Å²) in [5.41, 5.74) is 0.408. The van der Waals surface area contributed by atoms with Gasteiger partial charge in [-0.3, -0.25) is 9.59 Å². The van der Waals surface area contributed by atoms with Gasteiger partial charge < -0.3 is 15.5 Å². The summed E-state index contributed by atoms with van der Waals surface area (Å²) < 4.78 is 13.6. The number of piperazine rings is 1. The van der Waals surface area contributed by atoms with Crippen molar-refractivity contribution in [2.45, 2.75) is 32.9 Å². The van der Waals surface area contributed by atoms with Crippen LogP contribution >= 0.6 is 0 Å². The summed E-state index contributed by atoms with van der Waals surface area (Å²) in [6, 6.07) is 4.30. The number of rotatable bonds is 2. The van der Waals surface area contributed by atoms with E-state index in [0.717, 1.165) is 6.54 Å². The van der Waals surface area contributed by atoms with Crippen molar-refractivity contribution >= 4 is 17.5 Å². The van der Waals surface area contributed by atoms with Crippen LogP contribution in [-0.4, -0.2) is 41.9 Å². The van der Waals surface area contributed by atoms with Gasteiger partial charge >= 0.3 is 0 Å². The zero-order valence-electron chi connectivity index (χ0n) is 12.4. The number of benzene rings is 1. The van der Waals surface area contributed by atoms with Crippen molar-refractivity contribution < 1.29 is 14.0 Å². The van der Waals surface area contributed by atoms with Crippen LogP contribution in [0.2, 0.25) is 0 Å². The van der Waals surface area contributed by atoms with E-state index in [1.807, 2.05) is 13.8 Å². The second kappa shape index (κ2) is 6.22. The van der Waals surface area contributed by atoms with E-state index < -0.39 is 5.82 Å². The summed E-state index contributed by atoms with van der Waals surface area (Å²) in [5, 5.41) is 5.70. The first-order valence-corrected chi connectivity index (χ1v) is 7.01. The first kappa shape index (κ1) is 15.4. The van der Waals surface area contributed by atoms with Crippen LogP contribution in [0.4, 0.5) is 10.1 Å². The average molecular weight is 293 g/mol. The third kappa shape index (κ3) is 3.39. The number of hydrogen-bond acceptors (Lipinski definition) is 3. The van der Waals surface area contributed by atoms with Crippen LogP contribution in [-0.2, 0) is 4.79 Å². The minimum absolute atomic E-state index is 0.0317. The van der Waals surface area contributed by atoms with E-state index in [1.54, 1.807) is 4.90 Å². The summed E-state index contributed by atoms with van der Waals surface area (Å²) in [4.78, 5) is 25.4. The van der Waals surface area contributed by atoms with Crippen LogP contribution in [0.5, 0.6) is 0 Å². The molecule has 2 amide bonds. The fourth-order valence-electron chi connectivity index (χ4n) is 2.45. The summed E-state index contributed by atoms with van der Waals surface area (Å²) in [7, 11) is 0. The molecule has 1 saturated heterocycles. The van der Waals surface area contributed by atoms with Crippen LogP contribution in [0.15, 0.2) is 18.2 Å². The predicted molar refractivity (Wildman–Crippen MR) is 78.7 cm³/mol. The first-order chi connectivity index (χ1) is 9.90. The molecule has 1 aliphatic heterocycles. The van der Waals surface area contributed by atoms with Gasteiger partial charge in [0, 0.05) is 37.7 Å². The maximum Gasteiger partial charge on any atom is 0.254 e. The monoisotopic (exact) mass is 293 g/mol. The molecule has 21 heavy (non-hydrogen) atoms. The van der Waals surface area contributed by atoms with Gasteiger partial charge in [0.1, 0.15) is 5.82 Å². The van der Waals surface area contributed by atoms with E-state index in [4.69, 9.17) is 0 Å². The molecule has 2 atom stereocenters. The summed E-state index contributed by atoms with van der Waals surface area (Å²) >= 11 is 0. The summed E-state index contributed by atoms with van der Waals surface area (Å²) in [6.07, 6.45) is 0. The first-order valence-electron chi connectivity index (χ1n) is 7.01. The highest BCUT2D eigenvalue weighted by atomic mass is 19.1. The molecule has 0 spiro atoms. The Balaban J connectivity index is 2.24. The lowest BCUT2D eigenvalue weighted by Crippen LogP contribution is -2.57. The van der Waals surface area contributed by atoms with Crippen LogP contribution < -0.4 is 10.6 Å². The fraction of sp³-hybridized carbons (Fsp3) is 0.467. The Kier molecular flexibility index (Phi) is 4.57. The molecular formula is C15H20FN3O2. The van der Waals surface area contributed by atoms with E-state index >= 15 is 0 Å². The standard InChI is InChI=1S/C15H20FN3O2/c1-9-10(2)19(7-6-17-9)15(21)12-4-5-13(16)14(8-12)18-11(3)20/h4-5,8-10,17H,6-7H2,1-3H3,(H,18,20). The number of amides is 2. The lowest BCUT2D eigenvalue weighted by atomic mass is 10.0. The second-order valence-corrected chi connectivity index (χ2v) is 5.36. The van der Waals surface area contributed by atoms with Crippen LogP contribution in [0.3, 0.4) is 0 Å². The van der Waals surface area contributed by atoms with Gasteiger partial charge in [-0.1, -0.05) is 0 Å². The molecule has 1 heterocycles. The van der Waals surface area contributed by atoms with Crippen molar-refractivity contribution in [2.24, 2.45) is 0 Å². The fourth-order valence-corrected chi connectivity index (χ4v) is 2.45. The number of hydrogen-bond donors (Lipinski definition) is 2. The Labute approximate surface area is 123 Å². The Morgan fingerprint density at radius 2 is 2.10 bits per heavy atom. The molecule has 0 bridgehead atoms. The smallest absolute Gasteiger partial charge is 0.254 e. The zero-order chi connectivity index (χ0) is 15.6. The van der Waals surface area contributed by atoms with Gasteiger partial charge in [-0.2, -0.15) is 0 Å². The number of carbonyl (C=O) groups excluding carboxylic acids is 2. The molecule has 0 aromatic heterocycles. The minimum Gasteiger partial charge on any atom is -0.333 e. The molecule has 1 aliphatic rings. The Morgan fingerprint density at radius 3 is 2.76 bits per heavy atom. The van der Waals surface area contributed by atoms with Gasteiger partial charge in [0.05, 0.1) is 5.69 Å². The largest absolute Gasteiger partial charge is 0.333 e. The van der Waals surface area contributed by atoms with Gasteiger partial charge in [-0.25, -0.2) is 4.39 Å². The zero-order valence-corrected chi connectivity index (χ0v) is 12.4. The van der Waals surface area contributed by atoms with Crippen molar-refractivity contribution in [1.29, 1.82) is 0 Å². The molecule has 2 unspecified atom stereocenters. The van der Waals surface area contributed by atoms with E-state index in [9.17, 15) is 14.0 Å². The molecule has 5 nitrogen and oxygen atoms in total. The number of halogens is 1. The summed E-state index contributed by atoms with van der Waals surface area (Å²) in [5.74, 6) is -1.08. The quantitative estimate of drug-likeness (QED) is 0.871. The maximum absolute atomic E-state index is 13.6. The molecule has 1 aromatic rings. The molecule has 2 N–H and O–H groups in total. The number of anilines is 1. The van der Waals surface area contributed by atoms with Crippen LogP contribution in [0.1, 0.15) is 31.1 Å². The molecule has 0 aliphatic carbocycles. The molecule has 1 aromatic carbocycles. The molecule has 2 rings (SSSR count). The van der Waals surface area contributed by atoms with E-state index in [-0.39, 0.29) is 29.6 Å². The third-order valence-electron chi connectivity index (χ3n) is 3.82. The van der Waals surface area contributed by atoms with Crippen molar-refractivity contribution in [3.05, 3.63) is 29.6 Å². The Morgan fingerprint density at radius 1 is 1.38 bits per heavy atom. The topological polar surface area (TPSA) is 61.4 Å². The van der Waals surface area contributed by atoms with Crippen molar-refractivity contribution in [3.8, 4) is 0 Å². The molecule has 114 valence electrons. The highest BCUT2D eigenvalue weighted by molar-refractivity contribution is 5.97. The molecular weight excluding hydrogens is 273 g/mol. The average Bonchev–Trinajstić information content (AvgIpc) is 2.43. The second-order valence-electron chi connectivity index (χ2n) is 5.36. The van der Waals surface area contributed by atoms with Gasteiger partial charge in [0.25, 0.3) is 5.91 Å². The van der Waals surface area contributed by atoms with Crippen molar-refractivity contribution in [3.63, 3.8) is 0 Å². The van der Waals surface area contributed by atoms with Gasteiger partial charge in [0.15, 0.2) is 0 Å². The molecule has 0 radical (unpaired) electrons. The van der Waals surface area contributed by atoms with Gasteiger partial charge in [-0.05, 0) is 32.0 Å². The van der Waals surface area contributed by atoms with Crippen LogP contribution in [0.25, 0.3) is 0 Å². The van der Waals surface area contributed by atoms with Crippen molar-refractivity contribution in [2.75, 3.05) is 18.4 Å². The molecule has 0 saturated carbocycles. The normalized spacial score (nSPS) is 22.0. The van der Waals surface area contributed by atoms with Gasteiger partial charge in [-0.15, -0.1) is 0 Å². The number of nitrogens with zero attached hydrogens (tertiary/aromatic N) is 1. The molecule has 1 fully saturated rings. The van der Waals surface area contributed by atoms with Crippen LogP contribution in [0, 0.1) is 5.82 Å². The lowest BCUT2D eigenvalue weighted by molar-refractivity contribution is -0.114. The minimum atomic E-state index is -0.552. The SMILES string of the molecule is CC(=O)Nc1cc(C(=O)N2CCNC(C)C2C)ccc1F. The third-order valence-corrected chi connectivity index (χ3v) is 3.82. The van der Waals surface area contributed by atoms with Gasteiger partial charge in [0.2, 0.25) is 5.91 Å². The number of carbonyl (C=O) groups is 2. The highest BCUT2D eigenvalue weighted by Gasteiger charge is 2.29. The number of nitrogens with one attached hydrogen (secondary N) is 2. The molecule has 6 heteroatoms. The predicted octanol–water partition coefficient (Wildman–Crippen LogP) is 1.61. The summed E-state index contributed by atoms with van der Waals surface area (Å²) in [6.45, 7) is 6.65.